The Kier molecular flexibility index (Phi) is 4.93. The SMILES string of the molecule is CS[C@H]1C(C(=O)c2ccc(Cl)cc2)=C(CC(=O)O)C(=O)N1C. The number of carbonyl (C=O) groups is 3. The van der Waals surface area contributed by atoms with E-state index in [9.17, 15) is 14.4 Å². The van der Waals surface area contributed by atoms with Crippen molar-refractivity contribution in [3.05, 3.63) is 46.0 Å². The molecule has 5 nitrogen and oxygen atoms in total. The Labute approximate surface area is 136 Å². The monoisotopic (exact) mass is 339 g/mol. The number of hydrogen-bond acceptors (Lipinski definition) is 4. The number of likely N-dealkylation sites (N-methyl/N-ethyl adjacent to an activating group) is 1. The highest BCUT2D eigenvalue weighted by molar-refractivity contribution is 7.99. The zero-order valence-electron chi connectivity index (χ0n) is 12.0. The van der Waals surface area contributed by atoms with Crippen LogP contribution in [0, 0.1) is 0 Å². The third-order valence-electron chi connectivity index (χ3n) is 3.40. The Morgan fingerprint density at radius 1 is 1.32 bits per heavy atom. The van der Waals surface area contributed by atoms with Crippen LogP contribution in [0.5, 0.6) is 0 Å². The van der Waals surface area contributed by atoms with Gasteiger partial charge in [-0.3, -0.25) is 14.4 Å². The summed E-state index contributed by atoms with van der Waals surface area (Å²) in [5, 5.41) is 9.02. The van der Waals surface area contributed by atoms with Gasteiger partial charge in [0.1, 0.15) is 5.37 Å². The molecule has 22 heavy (non-hydrogen) atoms. The Hall–Kier alpha value is -1.79. The van der Waals surface area contributed by atoms with Crippen LogP contribution in [-0.2, 0) is 9.59 Å². The second-order valence-corrected chi connectivity index (χ2v) is 6.16. The first-order chi connectivity index (χ1) is 10.4. The van der Waals surface area contributed by atoms with E-state index in [1.54, 1.807) is 37.6 Å². The molecule has 0 aliphatic carbocycles. The summed E-state index contributed by atoms with van der Waals surface area (Å²) in [6, 6.07) is 6.30. The minimum Gasteiger partial charge on any atom is -0.481 e. The van der Waals surface area contributed by atoms with Crippen molar-refractivity contribution < 1.29 is 19.5 Å². The maximum absolute atomic E-state index is 12.7. The fraction of sp³-hybridized carbons (Fsp3) is 0.267. The number of thioether (sulfide) groups is 1. The minimum atomic E-state index is -1.14. The molecular weight excluding hydrogens is 326 g/mol. The molecule has 1 atom stereocenters. The first kappa shape index (κ1) is 16.6. The van der Waals surface area contributed by atoms with Crippen molar-refractivity contribution in [3.63, 3.8) is 0 Å². The molecule has 1 aromatic carbocycles. The summed E-state index contributed by atoms with van der Waals surface area (Å²) in [5.41, 5.74) is 0.670. The van der Waals surface area contributed by atoms with Crippen LogP contribution in [0.15, 0.2) is 35.4 Å². The van der Waals surface area contributed by atoms with E-state index in [0.717, 1.165) is 0 Å². The van der Waals surface area contributed by atoms with Crippen LogP contribution in [0.2, 0.25) is 5.02 Å². The van der Waals surface area contributed by atoms with Gasteiger partial charge in [0, 0.05) is 28.8 Å². The number of carboxylic acid groups (broad SMARTS) is 1. The zero-order valence-corrected chi connectivity index (χ0v) is 13.6. The van der Waals surface area contributed by atoms with E-state index < -0.39 is 23.7 Å². The lowest BCUT2D eigenvalue weighted by Gasteiger charge is -2.20. The Bertz CT molecular complexity index is 669. The van der Waals surface area contributed by atoms with Gasteiger partial charge in [0.2, 0.25) is 0 Å². The number of halogens is 1. The lowest BCUT2D eigenvalue weighted by molar-refractivity contribution is -0.137. The van der Waals surface area contributed by atoms with Gasteiger partial charge in [-0.1, -0.05) is 11.6 Å². The molecule has 1 aliphatic rings. The third kappa shape index (κ3) is 3.03. The van der Waals surface area contributed by atoms with Gasteiger partial charge in [0.15, 0.2) is 5.78 Å². The fourth-order valence-corrected chi connectivity index (χ4v) is 3.40. The van der Waals surface area contributed by atoms with Crippen LogP contribution < -0.4 is 0 Å². The molecular formula is C15H14ClNO4S. The molecule has 1 aliphatic heterocycles. The minimum absolute atomic E-state index is 0.0503. The van der Waals surface area contributed by atoms with Gasteiger partial charge >= 0.3 is 5.97 Å². The van der Waals surface area contributed by atoms with Crippen LogP contribution >= 0.6 is 23.4 Å². The van der Waals surface area contributed by atoms with Crippen LogP contribution in [0.1, 0.15) is 16.8 Å². The number of rotatable bonds is 5. The number of Topliss-reactive ketones (excluding diaryl/α,β-unsaturated/α-hetero) is 1. The fourth-order valence-electron chi connectivity index (χ4n) is 2.38. The van der Waals surface area contributed by atoms with Crippen LogP contribution in [0.25, 0.3) is 0 Å². The third-order valence-corrected chi connectivity index (χ3v) is 4.66. The van der Waals surface area contributed by atoms with Crippen molar-refractivity contribution in [2.45, 2.75) is 11.8 Å². The van der Waals surface area contributed by atoms with Gasteiger partial charge < -0.3 is 10.0 Å². The first-order valence-electron chi connectivity index (χ1n) is 6.42. The van der Waals surface area contributed by atoms with Crippen molar-refractivity contribution in [3.8, 4) is 0 Å². The number of carboxylic acids is 1. The van der Waals surface area contributed by atoms with Gasteiger partial charge in [-0.15, -0.1) is 11.8 Å². The van der Waals surface area contributed by atoms with Crippen LogP contribution in [0.3, 0.4) is 0 Å². The average Bonchev–Trinajstić information content (AvgIpc) is 2.71. The first-order valence-corrected chi connectivity index (χ1v) is 8.08. The number of nitrogens with zero attached hydrogens (tertiary/aromatic N) is 1. The van der Waals surface area contributed by atoms with E-state index in [1.807, 2.05) is 0 Å². The van der Waals surface area contributed by atoms with Crippen molar-refractivity contribution >= 4 is 41.0 Å². The smallest absolute Gasteiger partial charge is 0.308 e. The Morgan fingerprint density at radius 3 is 2.41 bits per heavy atom. The second kappa shape index (κ2) is 6.54. The number of aliphatic carboxylic acids is 1. The normalized spacial score (nSPS) is 18.0. The van der Waals surface area contributed by atoms with E-state index in [1.165, 1.54) is 16.7 Å². The summed E-state index contributed by atoms with van der Waals surface area (Å²) in [6.45, 7) is 0. The molecule has 0 radical (unpaired) electrons. The number of amides is 1. The van der Waals surface area contributed by atoms with Gasteiger partial charge in [0.05, 0.1) is 6.42 Å². The molecule has 2 rings (SSSR count). The molecule has 116 valence electrons. The molecule has 0 aromatic heterocycles. The summed E-state index contributed by atoms with van der Waals surface area (Å²) in [6.07, 6.45) is 1.31. The van der Waals surface area contributed by atoms with E-state index in [4.69, 9.17) is 16.7 Å². The number of benzene rings is 1. The lowest BCUT2D eigenvalue weighted by atomic mass is 9.98. The molecule has 1 aromatic rings. The quantitative estimate of drug-likeness (QED) is 0.834. The Balaban J connectivity index is 2.51. The summed E-state index contributed by atoms with van der Waals surface area (Å²) < 4.78 is 0. The lowest BCUT2D eigenvalue weighted by Crippen LogP contribution is -2.30. The summed E-state index contributed by atoms with van der Waals surface area (Å²) in [7, 11) is 1.56. The van der Waals surface area contributed by atoms with Crippen molar-refractivity contribution in [1.29, 1.82) is 0 Å². The highest BCUT2D eigenvalue weighted by Gasteiger charge is 2.40. The number of hydrogen-bond donors (Lipinski definition) is 1. The predicted molar refractivity (Wildman–Crippen MR) is 85.1 cm³/mol. The molecule has 0 saturated carbocycles. The largest absolute Gasteiger partial charge is 0.481 e. The molecule has 1 N–H and O–H groups in total. The second-order valence-electron chi connectivity index (χ2n) is 4.80. The standard InChI is InChI=1S/C15H14ClNO4S/c1-17-14(21)10(7-11(18)19)12(15(17)22-2)13(20)8-3-5-9(16)6-4-8/h3-6,15H,7H2,1-2H3,(H,18,19)/t15-/m0/s1. The average molecular weight is 340 g/mol. The van der Waals surface area contributed by atoms with Crippen LogP contribution in [0.4, 0.5) is 0 Å². The predicted octanol–water partition coefficient (Wildman–Crippen LogP) is 2.46. The molecule has 0 unspecified atom stereocenters. The molecule has 0 spiro atoms. The van der Waals surface area contributed by atoms with Gasteiger partial charge in [-0.05, 0) is 30.5 Å². The van der Waals surface area contributed by atoms with Gasteiger partial charge in [0.25, 0.3) is 5.91 Å². The van der Waals surface area contributed by atoms with Crippen LogP contribution in [-0.4, -0.2) is 46.3 Å². The van der Waals surface area contributed by atoms with E-state index >= 15 is 0 Å². The summed E-state index contributed by atoms with van der Waals surface area (Å²) in [4.78, 5) is 37.4. The highest BCUT2D eigenvalue weighted by Crippen LogP contribution is 2.35. The van der Waals surface area contributed by atoms with Crippen molar-refractivity contribution in [1.82, 2.24) is 4.90 Å². The zero-order chi connectivity index (χ0) is 16.4. The Morgan fingerprint density at radius 2 is 1.91 bits per heavy atom. The maximum Gasteiger partial charge on any atom is 0.308 e. The molecule has 0 saturated heterocycles. The van der Waals surface area contributed by atoms with E-state index in [-0.39, 0.29) is 16.9 Å². The van der Waals surface area contributed by atoms with Crippen molar-refractivity contribution in [2.24, 2.45) is 0 Å². The maximum atomic E-state index is 12.7. The number of ketones is 1. The molecule has 1 amide bonds. The summed E-state index contributed by atoms with van der Waals surface area (Å²) >= 11 is 7.13. The van der Waals surface area contributed by atoms with Gasteiger partial charge in [-0.25, -0.2) is 0 Å². The number of carbonyl (C=O) groups excluding carboxylic acids is 2. The van der Waals surface area contributed by atoms with E-state index in [2.05, 4.69) is 0 Å². The highest BCUT2D eigenvalue weighted by atomic mass is 35.5. The topological polar surface area (TPSA) is 74.7 Å². The molecule has 0 bridgehead atoms. The molecule has 1 heterocycles. The molecule has 7 heteroatoms. The summed E-state index contributed by atoms with van der Waals surface area (Å²) in [5.74, 6) is -1.90. The van der Waals surface area contributed by atoms with Gasteiger partial charge in [-0.2, -0.15) is 0 Å². The van der Waals surface area contributed by atoms with Crippen molar-refractivity contribution in [2.75, 3.05) is 13.3 Å². The van der Waals surface area contributed by atoms with E-state index in [0.29, 0.717) is 10.6 Å². The molecule has 0 fully saturated rings.